The summed E-state index contributed by atoms with van der Waals surface area (Å²) in [5, 5.41) is 18.5. The number of nitrogens with one attached hydrogen (secondary N) is 2. The molecule has 240 valence electrons. The smallest absolute Gasteiger partial charge is 0.253 e. The molecule has 1 aliphatic heterocycles. The molecule has 7 heteroatoms. The van der Waals surface area contributed by atoms with Crippen molar-refractivity contribution in [3.05, 3.63) is 99.5 Å². The molecule has 3 N–H and O–H groups in total. The Hall–Kier alpha value is -3.42. The van der Waals surface area contributed by atoms with Crippen molar-refractivity contribution < 1.29 is 14.6 Å². The molecular weight excluding hydrogens is 562 g/mol. The number of carbonyl (C=O) groups excluding carboxylic acids is 1. The lowest BCUT2D eigenvalue weighted by atomic mass is 9.85. The normalized spacial score (nSPS) is 23.6. The fourth-order valence-corrected chi connectivity index (χ4v) is 7.83. The van der Waals surface area contributed by atoms with Crippen LogP contribution in [0.15, 0.2) is 71.7 Å². The number of ether oxygens (including phenoxy) is 1. The van der Waals surface area contributed by atoms with Gasteiger partial charge in [-0.05, 0) is 80.5 Å². The molecule has 2 aliphatic carbocycles. The molecule has 2 heterocycles. The van der Waals surface area contributed by atoms with Gasteiger partial charge in [0.2, 0.25) is 0 Å². The second-order valence-corrected chi connectivity index (χ2v) is 13.8. The number of aryl methyl sites for hydroxylation is 1. The molecule has 7 nitrogen and oxygen atoms in total. The highest BCUT2D eigenvalue weighted by atomic mass is 16.5. The van der Waals surface area contributed by atoms with E-state index >= 15 is 0 Å². The number of hydrogen-bond donors (Lipinski definition) is 3. The van der Waals surface area contributed by atoms with Crippen LogP contribution in [0.25, 0.3) is 0 Å². The van der Waals surface area contributed by atoms with Crippen LogP contribution in [0.4, 0.5) is 0 Å². The zero-order valence-electron chi connectivity index (χ0n) is 26.8. The number of benzene rings is 2. The molecule has 1 amide bonds. The van der Waals surface area contributed by atoms with E-state index in [-0.39, 0.29) is 29.2 Å². The zero-order valence-corrected chi connectivity index (χ0v) is 26.8. The first-order valence-electron chi connectivity index (χ1n) is 17.1. The van der Waals surface area contributed by atoms with Gasteiger partial charge in [-0.2, -0.15) is 0 Å². The Morgan fingerprint density at radius 1 is 1.04 bits per heavy atom. The second-order valence-electron chi connectivity index (χ2n) is 13.8. The van der Waals surface area contributed by atoms with E-state index < -0.39 is 12.1 Å². The summed E-state index contributed by atoms with van der Waals surface area (Å²) in [6.45, 7) is 4.72. The van der Waals surface area contributed by atoms with E-state index in [1.807, 2.05) is 30.3 Å². The van der Waals surface area contributed by atoms with Crippen LogP contribution >= 0.6 is 0 Å². The van der Waals surface area contributed by atoms with Crippen LogP contribution < -0.4 is 20.9 Å². The molecule has 3 aromatic rings. The van der Waals surface area contributed by atoms with E-state index in [2.05, 4.69) is 42.7 Å². The van der Waals surface area contributed by atoms with Crippen molar-refractivity contribution in [3.8, 4) is 5.75 Å². The van der Waals surface area contributed by atoms with E-state index in [0.717, 1.165) is 61.8 Å². The molecular formula is C38H49N3O4. The predicted octanol–water partition coefficient (Wildman–Crippen LogP) is 6.29. The fraction of sp³-hybridized carbons (Fsp3) is 0.526. The summed E-state index contributed by atoms with van der Waals surface area (Å²) in [4.78, 5) is 26.5. The molecule has 3 aliphatic rings. The van der Waals surface area contributed by atoms with E-state index in [1.165, 1.54) is 30.9 Å². The number of rotatable bonds is 10. The lowest BCUT2D eigenvalue weighted by Gasteiger charge is -2.41. The van der Waals surface area contributed by atoms with Gasteiger partial charge in [0.15, 0.2) is 0 Å². The number of fused-ring (bicyclic) bond motifs is 1. The van der Waals surface area contributed by atoms with Crippen molar-refractivity contribution in [2.45, 2.75) is 114 Å². The minimum atomic E-state index is -0.834. The summed E-state index contributed by atoms with van der Waals surface area (Å²) in [5.74, 6) is 1.23. The fourth-order valence-electron chi connectivity index (χ4n) is 7.83. The third kappa shape index (κ3) is 7.36. The number of amides is 1. The molecule has 1 aromatic heterocycles. The van der Waals surface area contributed by atoms with Crippen LogP contribution in [0.3, 0.4) is 0 Å². The molecule has 2 aromatic carbocycles. The number of hydrogen-bond acceptors (Lipinski definition) is 5. The van der Waals surface area contributed by atoms with Crippen molar-refractivity contribution >= 4 is 5.91 Å². The monoisotopic (exact) mass is 611 g/mol. The Balaban J connectivity index is 1.20. The van der Waals surface area contributed by atoms with Gasteiger partial charge >= 0.3 is 0 Å². The highest BCUT2D eigenvalue weighted by Crippen LogP contribution is 2.47. The molecule has 0 saturated heterocycles. The first kappa shape index (κ1) is 31.6. The van der Waals surface area contributed by atoms with Gasteiger partial charge in [-0.1, -0.05) is 69.2 Å². The predicted molar refractivity (Wildman–Crippen MR) is 178 cm³/mol. The minimum Gasteiger partial charge on any atom is -0.487 e. The first-order valence-corrected chi connectivity index (χ1v) is 17.1. The number of carbonyl (C=O) groups is 1. The van der Waals surface area contributed by atoms with Crippen molar-refractivity contribution in [2.75, 3.05) is 6.54 Å². The Morgan fingerprint density at radius 3 is 2.60 bits per heavy atom. The molecule has 5 atom stereocenters. The van der Waals surface area contributed by atoms with Gasteiger partial charge < -0.3 is 25.0 Å². The lowest BCUT2D eigenvalue weighted by molar-refractivity contribution is 0.0326. The van der Waals surface area contributed by atoms with Gasteiger partial charge in [0, 0.05) is 42.9 Å². The number of pyridine rings is 1. The SMILES string of the molecule is CCc1ccc2c(c1)[C@@H](NC[C@@H](O)[C@H](Cc1ccccc1)NC(=O)c1ccc(=O)n(C3CCCC(C)C3)c1)CC1(CCCC1)O2. The van der Waals surface area contributed by atoms with Crippen LogP contribution in [0.1, 0.15) is 111 Å². The molecule has 2 unspecified atom stereocenters. The van der Waals surface area contributed by atoms with Crippen LogP contribution in [-0.2, 0) is 12.8 Å². The standard InChI is InChI=1S/C38H49N3O4/c1-3-27-14-16-35-31(21-27)33(23-38(45-35)18-7-8-19-38)39-24-34(42)32(22-28-11-5-4-6-12-28)40-37(44)29-15-17-36(43)41(25-29)30-13-9-10-26(2)20-30/h4-6,11-12,14-17,21,25-26,30,32-34,39,42H,3,7-10,13,18-20,22-24H2,1-2H3,(H,40,44)/t26?,30?,32-,33-,34+/m0/s1. The third-order valence-corrected chi connectivity index (χ3v) is 10.4. The van der Waals surface area contributed by atoms with E-state index in [0.29, 0.717) is 24.4 Å². The molecule has 6 rings (SSSR count). The Bertz CT molecular complexity index is 1510. The Morgan fingerprint density at radius 2 is 1.84 bits per heavy atom. The van der Waals surface area contributed by atoms with Gasteiger partial charge in [-0.3, -0.25) is 9.59 Å². The van der Waals surface area contributed by atoms with Crippen LogP contribution in [0.5, 0.6) is 5.75 Å². The van der Waals surface area contributed by atoms with Gasteiger partial charge in [0.05, 0.1) is 17.7 Å². The number of aliphatic hydroxyl groups is 1. The summed E-state index contributed by atoms with van der Waals surface area (Å²) in [5.41, 5.74) is 3.68. The molecule has 0 radical (unpaired) electrons. The van der Waals surface area contributed by atoms with E-state index in [4.69, 9.17) is 4.74 Å². The van der Waals surface area contributed by atoms with Crippen molar-refractivity contribution in [3.63, 3.8) is 0 Å². The third-order valence-electron chi connectivity index (χ3n) is 10.4. The van der Waals surface area contributed by atoms with Crippen molar-refractivity contribution in [1.82, 2.24) is 15.2 Å². The van der Waals surface area contributed by atoms with E-state index in [1.54, 1.807) is 16.8 Å². The van der Waals surface area contributed by atoms with Crippen molar-refractivity contribution in [2.24, 2.45) is 5.92 Å². The summed E-state index contributed by atoms with van der Waals surface area (Å²) in [6.07, 6.45) is 11.8. The average Bonchev–Trinajstić information content (AvgIpc) is 3.50. The molecule has 1 spiro atoms. The maximum Gasteiger partial charge on any atom is 0.253 e. The van der Waals surface area contributed by atoms with Gasteiger partial charge in [-0.25, -0.2) is 0 Å². The minimum absolute atomic E-state index is 0.0579. The number of nitrogens with zero attached hydrogens (tertiary/aromatic N) is 1. The molecule has 2 saturated carbocycles. The average molecular weight is 612 g/mol. The summed E-state index contributed by atoms with van der Waals surface area (Å²) in [6, 6.07) is 19.2. The van der Waals surface area contributed by atoms with Gasteiger partial charge in [0.1, 0.15) is 11.4 Å². The quantitative estimate of drug-likeness (QED) is 0.251. The van der Waals surface area contributed by atoms with Gasteiger partial charge in [0.25, 0.3) is 11.5 Å². The zero-order chi connectivity index (χ0) is 31.4. The van der Waals surface area contributed by atoms with Gasteiger partial charge in [-0.15, -0.1) is 0 Å². The topological polar surface area (TPSA) is 92.6 Å². The maximum absolute atomic E-state index is 13.7. The first-order chi connectivity index (χ1) is 21.8. The molecule has 0 bridgehead atoms. The number of aromatic nitrogens is 1. The maximum atomic E-state index is 13.7. The molecule has 2 fully saturated rings. The summed E-state index contributed by atoms with van der Waals surface area (Å²) < 4.78 is 8.38. The summed E-state index contributed by atoms with van der Waals surface area (Å²) >= 11 is 0. The van der Waals surface area contributed by atoms with Crippen LogP contribution in [0.2, 0.25) is 0 Å². The van der Waals surface area contributed by atoms with Crippen LogP contribution in [-0.4, -0.2) is 39.9 Å². The largest absolute Gasteiger partial charge is 0.487 e. The lowest BCUT2D eigenvalue weighted by Crippen LogP contribution is -2.50. The Labute approximate surface area is 267 Å². The number of aliphatic hydroxyl groups excluding tert-OH is 1. The second kappa shape index (κ2) is 13.9. The van der Waals surface area contributed by atoms with Crippen molar-refractivity contribution in [1.29, 1.82) is 0 Å². The Kier molecular flexibility index (Phi) is 9.76. The highest BCUT2D eigenvalue weighted by molar-refractivity contribution is 5.94. The highest BCUT2D eigenvalue weighted by Gasteiger charge is 2.43. The van der Waals surface area contributed by atoms with E-state index in [9.17, 15) is 14.7 Å². The van der Waals surface area contributed by atoms with Crippen LogP contribution in [0, 0.1) is 5.92 Å². The summed E-state index contributed by atoms with van der Waals surface area (Å²) in [7, 11) is 0. The molecule has 45 heavy (non-hydrogen) atoms.